The Bertz CT molecular complexity index is 364. The number of benzene rings is 1. The van der Waals surface area contributed by atoms with Gasteiger partial charge in [0.15, 0.2) is 0 Å². The number of rotatable bonds is 6. The van der Waals surface area contributed by atoms with E-state index in [0.717, 1.165) is 17.7 Å². The Labute approximate surface area is 106 Å². The number of phenolic OH excluding ortho intramolecular Hbond substituents is 1. The zero-order chi connectivity index (χ0) is 12.8. The summed E-state index contributed by atoms with van der Waals surface area (Å²) in [5.74, 6) is 1.02. The molecular weight excluding hydrogens is 234 g/mol. The minimum absolute atomic E-state index is 0.232. The van der Waals surface area contributed by atoms with Gasteiger partial charge in [-0.2, -0.15) is 0 Å². The van der Waals surface area contributed by atoms with Crippen LogP contribution in [0.2, 0.25) is 0 Å². The maximum atomic E-state index is 11.0. The minimum Gasteiger partial charge on any atom is -0.508 e. The highest BCUT2D eigenvalue weighted by Crippen LogP contribution is 2.17. The molecule has 0 saturated heterocycles. The van der Waals surface area contributed by atoms with Crippen molar-refractivity contribution in [3.05, 3.63) is 29.8 Å². The fourth-order valence-corrected chi connectivity index (χ4v) is 2.40. The molecular formula is C13H21NO2S. The first-order valence-corrected chi connectivity index (χ1v) is 7.56. The van der Waals surface area contributed by atoms with Crippen LogP contribution in [-0.4, -0.2) is 27.4 Å². The quantitative estimate of drug-likeness (QED) is 0.819. The SMILES string of the molecule is CC(CCS(C)=O)NC(C)c1ccc(O)cc1. The Morgan fingerprint density at radius 1 is 1.29 bits per heavy atom. The zero-order valence-electron chi connectivity index (χ0n) is 10.6. The van der Waals surface area contributed by atoms with E-state index in [1.54, 1.807) is 18.4 Å². The van der Waals surface area contributed by atoms with Crippen molar-refractivity contribution in [3.8, 4) is 5.75 Å². The van der Waals surface area contributed by atoms with Crippen LogP contribution in [0.3, 0.4) is 0 Å². The molecule has 0 aliphatic heterocycles. The van der Waals surface area contributed by atoms with E-state index in [4.69, 9.17) is 0 Å². The van der Waals surface area contributed by atoms with Crippen LogP contribution < -0.4 is 5.32 Å². The van der Waals surface area contributed by atoms with Crippen LogP contribution in [0.5, 0.6) is 5.75 Å². The molecule has 0 spiro atoms. The second-order valence-corrected chi connectivity index (χ2v) is 6.00. The maximum Gasteiger partial charge on any atom is 0.115 e. The molecule has 1 rings (SSSR count). The van der Waals surface area contributed by atoms with Crippen molar-refractivity contribution in [2.75, 3.05) is 12.0 Å². The highest BCUT2D eigenvalue weighted by atomic mass is 32.2. The van der Waals surface area contributed by atoms with Gasteiger partial charge in [-0.25, -0.2) is 0 Å². The largest absolute Gasteiger partial charge is 0.508 e. The fraction of sp³-hybridized carbons (Fsp3) is 0.538. The highest BCUT2D eigenvalue weighted by molar-refractivity contribution is 7.84. The molecule has 0 radical (unpaired) electrons. The van der Waals surface area contributed by atoms with Gasteiger partial charge in [0.2, 0.25) is 0 Å². The van der Waals surface area contributed by atoms with Crippen molar-refractivity contribution in [2.45, 2.75) is 32.4 Å². The third-order valence-electron chi connectivity index (χ3n) is 2.77. The van der Waals surface area contributed by atoms with Crippen LogP contribution in [0.25, 0.3) is 0 Å². The Kier molecular flexibility index (Phi) is 5.65. The molecule has 96 valence electrons. The van der Waals surface area contributed by atoms with Gasteiger partial charge in [0.1, 0.15) is 5.75 Å². The minimum atomic E-state index is -0.722. The standard InChI is InChI=1S/C13H21NO2S/c1-10(8-9-17(3)16)14-11(2)12-4-6-13(15)7-5-12/h4-7,10-11,14-15H,8-9H2,1-3H3. The van der Waals surface area contributed by atoms with Crippen LogP contribution >= 0.6 is 0 Å². The van der Waals surface area contributed by atoms with Gasteiger partial charge in [-0.05, 0) is 38.0 Å². The van der Waals surface area contributed by atoms with E-state index in [1.165, 1.54) is 0 Å². The van der Waals surface area contributed by atoms with Crippen molar-refractivity contribution >= 4 is 10.8 Å². The van der Waals surface area contributed by atoms with E-state index in [9.17, 15) is 9.32 Å². The van der Waals surface area contributed by atoms with Crippen LogP contribution in [0, 0.1) is 0 Å². The molecule has 0 amide bonds. The number of phenols is 1. The lowest BCUT2D eigenvalue weighted by molar-refractivity contribution is 0.464. The highest BCUT2D eigenvalue weighted by Gasteiger charge is 2.09. The third kappa shape index (κ3) is 5.33. The number of hydrogen-bond donors (Lipinski definition) is 2. The predicted molar refractivity (Wildman–Crippen MR) is 72.7 cm³/mol. The molecule has 0 aliphatic carbocycles. The van der Waals surface area contributed by atoms with Gasteiger partial charge >= 0.3 is 0 Å². The predicted octanol–water partition coefficient (Wildman–Crippen LogP) is 2.20. The monoisotopic (exact) mass is 255 g/mol. The van der Waals surface area contributed by atoms with E-state index < -0.39 is 10.8 Å². The van der Waals surface area contributed by atoms with Crippen LogP contribution in [0.1, 0.15) is 31.9 Å². The summed E-state index contributed by atoms with van der Waals surface area (Å²) in [5, 5.41) is 12.7. The van der Waals surface area contributed by atoms with E-state index >= 15 is 0 Å². The van der Waals surface area contributed by atoms with Gasteiger partial charge in [-0.1, -0.05) is 12.1 Å². The van der Waals surface area contributed by atoms with Gasteiger partial charge in [-0.3, -0.25) is 4.21 Å². The van der Waals surface area contributed by atoms with Gasteiger partial charge in [0.25, 0.3) is 0 Å². The Morgan fingerprint density at radius 2 is 1.88 bits per heavy atom. The van der Waals surface area contributed by atoms with Gasteiger partial charge in [0.05, 0.1) is 0 Å². The molecule has 1 aromatic carbocycles. The van der Waals surface area contributed by atoms with E-state index in [2.05, 4.69) is 19.2 Å². The van der Waals surface area contributed by atoms with Crippen LogP contribution in [0.4, 0.5) is 0 Å². The summed E-state index contributed by atoms with van der Waals surface area (Å²) in [5.41, 5.74) is 1.15. The number of nitrogens with one attached hydrogen (secondary N) is 1. The molecule has 0 bridgehead atoms. The van der Waals surface area contributed by atoms with Crippen molar-refractivity contribution in [1.29, 1.82) is 0 Å². The summed E-state index contributed by atoms with van der Waals surface area (Å²) < 4.78 is 11.0. The fourth-order valence-electron chi connectivity index (χ4n) is 1.71. The van der Waals surface area contributed by atoms with E-state index in [-0.39, 0.29) is 11.8 Å². The summed E-state index contributed by atoms with van der Waals surface area (Å²) in [7, 11) is -0.722. The first-order chi connectivity index (χ1) is 7.99. The molecule has 17 heavy (non-hydrogen) atoms. The average molecular weight is 255 g/mol. The van der Waals surface area contributed by atoms with Gasteiger partial charge in [0, 0.05) is 34.9 Å². The van der Waals surface area contributed by atoms with Crippen molar-refractivity contribution in [1.82, 2.24) is 5.32 Å². The number of aromatic hydroxyl groups is 1. The lowest BCUT2D eigenvalue weighted by atomic mass is 10.1. The van der Waals surface area contributed by atoms with Crippen LogP contribution in [-0.2, 0) is 10.8 Å². The molecule has 1 aromatic rings. The van der Waals surface area contributed by atoms with E-state index in [1.807, 2.05) is 12.1 Å². The lowest BCUT2D eigenvalue weighted by Gasteiger charge is -2.20. The molecule has 3 atom stereocenters. The number of hydrogen-bond acceptors (Lipinski definition) is 3. The van der Waals surface area contributed by atoms with Crippen molar-refractivity contribution < 1.29 is 9.32 Å². The lowest BCUT2D eigenvalue weighted by Crippen LogP contribution is -2.30. The van der Waals surface area contributed by atoms with Gasteiger partial charge in [-0.15, -0.1) is 0 Å². The van der Waals surface area contributed by atoms with Crippen molar-refractivity contribution in [2.24, 2.45) is 0 Å². The first-order valence-electron chi connectivity index (χ1n) is 5.84. The molecule has 0 fully saturated rings. The van der Waals surface area contributed by atoms with Crippen LogP contribution in [0.15, 0.2) is 24.3 Å². The second-order valence-electron chi connectivity index (χ2n) is 4.45. The topological polar surface area (TPSA) is 49.3 Å². The molecule has 0 saturated carbocycles. The molecule has 0 aliphatic rings. The summed E-state index contributed by atoms with van der Waals surface area (Å²) in [6.45, 7) is 4.19. The summed E-state index contributed by atoms with van der Waals surface area (Å²) in [6.07, 6.45) is 2.64. The molecule has 2 N–H and O–H groups in total. The Balaban J connectivity index is 2.45. The second kappa shape index (κ2) is 6.77. The molecule has 4 heteroatoms. The third-order valence-corrected chi connectivity index (χ3v) is 3.58. The van der Waals surface area contributed by atoms with E-state index in [0.29, 0.717) is 6.04 Å². The first kappa shape index (κ1) is 14.2. The Hall–Kier alpha value is -0.870. The zero-order valence-corrected chi connectivity index (χ0v) is 11.5. The van der Waals surface area contributed by atoms with Crippen molar-refractivity contribution in [3.63, 3.8) is 0 Å². The molecule has 3 unspecified atom stereocenters. The summed E-state index contributed by atoms with van der Waals surface area (Å²) in [6, 6.07) is 7.78. The smallest absolute Gasteiger partial charge is 0.115 e. The maximum absolute atomic E-state index is 11.0. The molecule has 3 nitrogen and oxygen atoms in total. The summed E-state index contributed by atoms with van der Waals surface area (Å²) >= 11 is 0. The Morgan fingerprint density at radius 3 is 2.41 bits per heavy atom. The average Bonchev–Trinajstić information content (AvgIpc) is 2.27. The molecule has 0 heterocycles. The normalized spacial score (nSPS) is 16.4. The molecule has 0 aromatic heterocycles. The summed E-state index contributed by atoms with van der Waals surface area (Å²) in [4.78, 5) is 0. The van der Waals surface area contributed by atoms with Gasteiger partial charge < -0.3 is 10.4 Å².